The first-order valence-corrected chi connectivity index (χ1v) is 5.02. The monoisotopic (exact) mass is 214 g/mol. The molecular formula is C11H15ClO2. The van der Waals surface area contributed by atoms with Gasteiger partial charge in [0.05, 0.1) is 18.2 Å². The Kier molecular flexibility index (Phi) is 4.23. The molecule has 1 aromatic carbocycles. The molecule has 2 nitrogen and oxygen atoms in total. The molecule has 0 saturated heterocycles. The number of aliphatic hydroxyl groups is 1. The van der Waals surface area contributed by atoms with Crippen LogP contribution in [0.2, 0.25) is 5.02 Å². The SMILES string of the molecule is COc1c(Cl)cccc1CC[C@@H](C)O. The van der Waals surface area contributed by atoms with Crippen LogP contribution in [0.15, 0.2) is 18.2 Å². The van der Waals surface area contributed by atoms with E-state index in [-0.39, 0.29) is 6.10 Å². The lowest BCUT2D eigenvalue weighted by Crippen LogP contribution is -2.02. The van der Waals surface area contributed by atoms with Gasteiger partial charge in [-0.2, -0.15) is 0 Å². The van der Waals surface area contributed by atoms with Crippen LogP contribution in [-0.4, -0.2) is 18.3 Å². The van der Waals surface area contributed by atoms with E-state index >= 15 is 0 Å². The summed E-state index contributed by atoms with van der Waals surface area (Å²) in [5.41, 5.74) is 1.04. The van der Waals surface area contributed by atoms with Crippen LogP contribution in [-0.2, 0) is 6.42 Å². The van der Waals surface area contributed by atoms with Crippen molar-refractivity contribution in [2.75, 3.05) is 7.11 Å². The van der Waals surface area contributed by atoms with Crippen molar-refractivity contribution >= 4 is 11.6 Å². The number of rotatable bonds is 4. The predicted octanol–water partition coefficient (Wildman–Crippen LogP) is 2.66. The van der Waals surface area contributed by atoms with Crippen LogP contribution < -0.4 is 4.74 Å². The third kappa shape index (κ3) is 2.89. The number of para-hydroxylation sites is 1. The van der Waals surface area contributed by atoms with E-state index in [0.29, 0.717) is 5.02 Å². The Labute approximate surface area is 89.5 Å². The third-order valence-electron chi connectivity index (χ3n) is 2.08. The Bertz CT molecular complexity index is 297. The smallest absolute Gasteiger partial charge is 0.140 e. The van der Waals surface area contributed by atoms with Crippen LogP contribution in [0.3, 0.4) is 0 Å². The second-order valence-corrected chi connectivity index (χ2v) is 3.73. The highest BCUT2D eigenvalue weighted by molar-refractivity contribution is 6.32. The third-order valence-corrected chi connectivity index (χ3v) is 2.38. The summed E-state index contributed by atoms with van der Waals surface area (Å²) in [7, 11) is 1.60. The molecule has 0 aliphatic carbocycles. The van der Waals surface area contributed by atoms with Gasteiger partial charge in [0.15, 0.2) is 0 Å². The Hall–Kier alpha value is -0.730. The Morgan fingerprint density at radius 1 is 1.50 bits per heavy atom. The molecule has 0 unspecified atom stereocenters. The Morgan fingerprint density at radius 3 is 2.79 bits per heavy atom. The van der Waals surface area contributed by atoms with Gasteiger partial charge in [0.2, 0.25) is 0 Å². The molecular weight excluding hydrogens is 200 g/mol. The molecule has 0 aromatic heterocycles. The number of aliphatic hydroxyl groups excluding tert-OH is 1. The number of aryl methyl sites for hydroxylation is 1. The van der Waals surface area contributed by atoms with Crippen molar-refractivity contribution in [1.29, 1.82) is 0 Å². The second-order valence-electron chi connectivity index (χ2n) is 3.32. The summed E-state index contributed by atoms with van der Waals surface area (Å²) in [6.45, 7) is 1.77. The highest BCUT2D eigenvalue weighted by atomic mass is 35.5. The first-order chi connectivity index (χ1) is 6.65. The number of halogens is 1. The van der Waals surface area contributed by atoms with E-state index in [1.165, 1.54) is 0 Å². The van der Waals surface area contributed by atoms with Gasteiger partial charge in [-0.05, 0) is 31.4 Å². The van der Waals surface area contributed by atoms with E-state index in [2.05, 4.69) is 0 Å². The molecule has 0 radical (unpaired) electrons. The highest BCUT2D eigenvalue weighted by Crippen LogP contribution is 2.29. The second kappa shape index (κ2) is 5.23. The molecule has 0 amide bonds. The van der Waals surface area contributed by atoms with Crippen LogP contribution in [0.4, 0.5) is 0 Å². The van der Waals surface area contributed by atoms with E-state index in [9.17, 15) is 5.11 Å². The minimum atomic E-state index is -0.293. The molecule has 0 spiro atoms. The lowest BCUT2D eigenvalue weighted by Gasteiger charge is -2.10. The van der Waals surface area contributed by atoms with Crippen LogP contribution >= 0.6 is 11.6 Å². The molecule has 3 heteroatoms. The summed E-state index contributed by atoms with van der Waals surface area (Å²) >= 11 is 5.96. The fourth-order valence-corrected chi connectivity index (χ4v) is 1.61. The van der Waals surface area contributed by atoms with E-state index in [1.807, 2.05) is 12.1 Å². The molecule has 1 atom stereocenters. The number of hydrogen-bond donors (Lipinski definition) is 1. The van der Waals surface area contributed by atoms with Crippen molar-refractivity contribution in [1.82, 2.24) is 0 Å². The lowest BCUT2D eigenvalue weighted by molar-refractivity contribution is 0.184. The van der Waals surface area contributed by atoms with Gasteiger partial charge in [0.1, 0.15) is 5.75 Å². The van der Waals surface area contributed by atoms with Crippen molar-refractivity contribution in [3.63, 3.8) is 0 Å². The van der Waals surface area contributed by atoms with Gasteiger partial charge >= 0.3 is 0 Å². The zero-order chi connectivity index (χ0) is 10.6. The predicted molar refractivity (Wildman–Crippen MR) is 58.0 cm³/mol. The Balaban J connectivity index is 2.80. The minimum absolute atomic E-state index is 0.293. The number of benzene rings is 1. The minimum Gasteiger partial charge on any atom is -0.495 e. The molecule has 0 fully saturated rings. The van der Waals surface area contributed by atoms with Crippen molar-refractivity contribution in [2.24, 2.45) is 0 Å². The standard InChI is InChI=1S/C11H15ClO2/c1-8(13)6-7-9-4-3-5-10(12)11(9)14-2/h3-5,8,13H,6-7H2,1-2H3/t8-/m1/s1. The zero-order valence-electron chi connectivity index (χ0n) is 8.46. The van der Waals surface area contributed by atoms with Gasteiger partial charge in [-0.25, -0.2) is 0 Å². The van der Waals surface area contributed by atoms with Crippen LogP contribution in [0.25, 0.3) is 0 Å². The van der Waals surface area contributed by atoms with Crippen molar-refractivity contribution in [2.45, 2.75) is 25.9 Å². The quantitative estimate of drug-likeness (QED) is 0.835. The maximum atomic E-state index is 9.17. The summed E-state index contributed by atoms with van der Waals surface area (Å²) in [6, 6.07) is 5.65. The topological polar surface area (TPSA) is 29.5 Å². The van der Waals surface area contributed by atoms with Gasteiger partial charge in [-0.1, -0.05) is 23.7 Å². The maximum Gasteiger partial charge on any atom is 0.140 e. The number of hydrogen-bond acceptors (Lipinski definition) is 2. The first-order valence-electron chi connectivity index (χ1n) is 4.64. The maximum absolute atomic E-state index is 9.17. The summed E-state index contributed by atoms with van der Waals surface area (Å²) in [6.07, 6.45) is 1.21. The molecule has 0 heterocycles. The fraction of sp³-hybridized carbons (Fsp3) is 0.455. The molecule has 78 valence electrons. The van der Waals surface area contributed by atoms with Crippen molar-refractivity contribution in [3.8, 4) is 5.75 Å². The highest BCUT2D eigenvalue weighted by Gasteiger charge is 2.07. The van der Waals surface area contributed by atoms with E-state index in [4.69, 9.17) is 16.3 Å². The first kappa shape index (κ1) is 11.3. The lowest BCUT2D eigenvalue weighted by atomic mass is 10.1. The molecule has 1 N–H and O–H groups in total. The molecule has 0 aliphatic rings. The molecule has 0 saturated carbocycles. The number of ether oxygens (including phenoxy) is 1. The van der Waals surface area contributed by atoms with Gasteiger partial charge in [0, 0.05) is 0 Å². The average molecular weight is 215 g/mol. The van der Waals surface area contributed by atoms with Crippen LogP contribution in [0.5, 0.6) is 5.75 Å². The van der Waals surface area contributed by atoms with Gasteiger partial charge in [-0.15, -0.1) is 0 Å². The molecule has 1 rings (SSSR count). The average Bonchev–Trinajstić information content (AvgIpc) is 2.14. The summed E-state index contributed by atoms with van der Waals surface area (Å²) in [5, 5.41) is 9.79. The summed E-state index contributed by atoms with van der Waals surface area (Å²) < 4.78 is 5.19. The van der Waals surface area contributed by atoms with Crippen molar-refractivity contribution < 1.29 is 9.84 Å². The van der Waals surface area contributed by atoms with E-state index in [0.717, 1.165) is 24.2 Å². The molecule has 14 heavy (non-hydrogen) atoms. The zero-order valence-corrected chi connectivity index (χ0v) is 9.21. The molecule has 0 aliphatic heterocycles. The van der Waals surface area contributed by atoms with Gasteiger partial charge < -0.3 is 9.84 Å². The van der Waals surface area contributed by atoms with Gasteiger partial charge in [0.25, 0.3) is 0 Å². The van der Waals surface area contributed by atoms with Crippen LogP contribution in [0.1, 0.15) is 18.9 Å². The number of methoxy groups -OCH3 is 1. The summed E-state index contributed by atoms with van der Waals surface area (Å²) in [5.74, 6) is 0.717. The largest absolute Gasteiger partial charge is 0.495 e. The normalized spacial score (nSPS) is 12.6. The molecule has 1 aromatic rings. The van der Waals surface area contributed by atoms with E-state index < -0.39 is 0 Å². The van der Waals surface area contributed by atoms with Crippen LogP contribution in [0, 0.1) is 0 Å². The fourth-order valence-electron chi connectivity index (χ4n) is 1.34. The van der Waals surface area contributed by atoms with Gasteiger partial charge in [-0.3, -0.25) is 0 Å². The summed E-state index contributed by atoms with van der Waals surface area (Å²) in [4.78, 5) is 0. The van der Waals surface area contributed by atoms with Crippen molar-refractivity contribution in [3.05, 3.63) is 28.8 Å². The van der Waals surface area contributed by atoms with E-state index in [1.54, 1.807) is 20.1 Å². The molecule has 0 bridgehead atoms. The Morgan fingerprint density at radius 2 is 2.21 bits per heavy atom.